The molecule has 0 bridgehead atoms. The van der Waals surface area contributed by atoms with Gasteiger partial charge in [-0.2, -0.15) is 0 Å². The summed E-state index contributed by atoms with van der Waals surface area (Å²) in [5.74, 6) is 0. The highest BCUT2D eigenvalue weighted by molar-refractivity contribution is 5.74. The van der Waals surface area contributed by atoms with E-state index in [-0.39, 0.29) is 12.1 Å². The lowest BCUT2D eigenvalue weighted by molar-refractivity contribution is 0.203. The fourth-order valence-electron chi connectivity index (χ4n) is 2.58. The van der Waals surface area contributed by atoms with Crippen LogP contribution in [0.5, 0.6) is 0 Å². The van der Waals surface area contributed by atoms with Gasteiger partial charge in [0, 0.05) is 44.1 Å². The molecule has 3 rings (SSSR count). The summed E-state index contributed by atoms with van der Waals surface area (Å²) in [6.45, 7) is 2.52. The van der Waals surface area contributed by atoms with Crippen molar-refractivity contribution in [1.82, 2.24) is 24.8 Å². The number of pyridine rings is 1. The van der Waals surface area contributed by atoms with Crippen LogP contribution < -0.4 is 5.32 Å². The maximum absolute atomic E-state index is 12.4. The van der Waals surface area contributed by atoms with Crippen molar-refractivity contribution in [2.24, 2.45) is 0 Å². The Labute approximate surface area is 147 Å². The highest BCUT2D eigenvalue weighted by Crippen LogP contribution is 2.17. The third kappa shape index (κ3) is 4.23. The number of amides is 2. The summed E-state index contributed by atoms with van der Waals surface area (Å²) in [5, 5.41) is 3.04. The van der Waals surface area contributed by atoms with Gasteiger partial charge in [-0.05, 0) is 42.3 Å². The summed E-state index contributed by atoms with van der Waals surface area (Å²) in [4.78, 5) is 22.1. The van der Waals surface area contributed by atoms with Gasteiger partial charge in [-0.3, -0.25) is 4.98 Å². The smallest absolute Gasteiger partial charge is 0.317 e. The number of nitrogens with zero attached hydrogens (tertiary/aromatic N) is 4. The molecule has 1 N–H and O–H groups in total. The Bertz CT molecular complexity index is 817. The molecule has 0 aliphatic heterocycles. The molecule has 0 fully saturated rings. The van der Waals surface area contributed by atoms with Crippen molar-refractivity contribution in [3.05, 3.63) is 78.6 Å². The molecule has 0 spiro atoms. The van der Waals surface area contributed by atoms with Crippen LogP contribution in [0, 0.1) is 0 Å². The molecule has 0 aliphatic carbocycles. The first-order valence-corrected chi connectivity index (χ1v) is 8.12. The predicted molar refractivity (Wildman–Crippen MR) is 96.2 cm³/mol. The van der Waals surface area contributed by atoms with E-state index in [0.717, 1.165) is 16.8 Å². The third-order valence-electron chi connectivity index (χ3n) is 4.03. The summed E-state index contributed by atoms with van der Waals surface area (Å²) in [5.41, 5.74) is 3.10. The fourth-order valence-corrected chi connectivity index (χ4v) is 2.58. The molecule has 2 aromatic heterocycles. The average molecular weight is 335 g/mol. The molecule has 0 radical (unpaired) electrons. The molecule has 3 aromatic rings. The van der Waals surface area contributed by atoms with E-state index in [1.54, 1.807) is 36.9 Å². The van der Waals surface area contributed by atoms with E-state index in [1.807, 2.05) is 48.0 Å². The molecule has 1 atom stereocenters. The standard InChI is InChI=1S/C19H21N5O/c1-15(17-4-3-5-18(12-17)24-11-10-21-14-24)22-19(25)23(2)13-16-6-8-20-9-7-16/h3-12,14-15H,13H2,1-2H3,(H,22,25)/t15-/m1/s1. The van der Waals surface area contributed by atoms with Gasteiger partial charge in [0.05, 0.1) is 12.4 Å². The topological polar surface area (TPSA) is 63.1 Å². The Balaban J connectivity index is 1.64. The molecular weight excluding hydrogens is 314 g/mol. The van der Waals surface area contributed by atoms with Crippen LogP contribution in [0.15, 0.2) is 67.5 Å². The molecule has 2 heterocycles. The van der Waals surface area contributed by atoms with Crippen LogP contribution in [-0.2, 0) is 6.54 Å². The van der Waals surface area contributed by atoms with E-state index >= 15 is 0 Å². The van der Waals surface area contributed by atoms with Crippen molar-refractivity contribution < 1.29 is 4.79 Å². The maximum atomic E-state index is 12.4. The van der Waals surface area contributed by atoms with E-state index in [1.165, 1.54) is 0 Å². The van der Waals surface area contributed by atoms with E-state index in [0.29, 0.717) is 6.54 Å². The lowest BCUT2D eigenvalue weighted by Crippen LogP contribution is -2.38. The van der Waals surface area contributed by atoms with Crippen molar-refractivity contribution in [3.8, 4) is 5.69 Å². The SMILES string of the molecule is C[C@@H](NC(=O)N(C)Cc1ccncc1)c1cccc(-n2ccnc2)c1. The van der Waals surface area contributed by atoms with Gasteiger partial charge < -0.3 is 14.8 Å². The minimum absolute atomic E-state index is 0.101. The summed E-state index contributed by atoms with van der Waals surface area (Å²) in [6, 6.07) is 11.6. The summed E-state index contributed by atoms with van der Waals surface area (Å²) >= 11 is 0. The Morgan fingerprint density at radius 1 is 1.20 bits per heavy atom. The largest absolute Gasteiger partial charge is 0.331 e. The monoisotopic (exact) mass is 335 g/mol. The van der Waals surface area contributed by atoms with Crippen molar-refractivity contribution >= 4 is 6.03 Å². The van der Waals surface area contributed by atoms with Crippen molar-refractivity contribution in [2.45, 2.75) is 19.5 Å². The number of benzene rings is 1. The Hall–Kier alpha value is -3.15. The van der Waals surface area contributed by atoms with Crippen LogP contribution >= 0.6 is 0 Å². The number of carbonyl (C=O) groups excluding carboxylic acids is 1. The zero-order chi connectivity index (χ0) is 17.6. The van der Waals surface area contributed by atoms with Gasteiger partial charge in [-0.15, -0.1) is 0 Å². The number of rotatable bonds is 5. The van der Waals surface area contributed by atoms with Gasteiger partial charge in [-0.1, -0.05) is 12.1 Å². The second kappa shape index (κ2) is 7.61. The van der Waals surface area contributed by atoms with Gasteiger partial charge in [0.25, 0.3) is 0 Å². The molecular formula is C19H21N5O. The number of imidazole rings is 1. The highest BCUT2D eigenvalue weighted by atomic mass is 16.2. The van der Waals surface area contributed by atoms with Gasteiger partial charge >= 0.3 is 6.03 Å². The lowest BCUT2D eigenvalue weighted by atomic mass is 10.1. The van der Waals surface area contributed by atoms with Crippen LogP contribution in [0.4, 0.5) is 4.79 Å². The van der Waals surface area contributed by atoms with E-state index in [2.05, 4.69) is 21.4 Å². The molecule has 0 saturated carbocycles. The minimum Gasteiger partial charge on any atom is -0.331 e. The van der Waals surface area contributed by atoms with E-state index in [9.17, 15) is 4.79 Å². The summed E-state index contributed by atoms with van der Waals surface area (Å²) in [7, 11) is 1.78. The van der Waals surface area contributed by atoms with Gasteiger partial charge in [0.1, 0.15) is 0 Å². The Morgan fingerprint density at radius 3 is 2.72 bits per heavy atom. The first-order valence-electron chi connectivity index (χ1n) is 8.12. The second-order valence-electron chi connectivity index (χ2n) is 5.95. The van der Waals surface area contributed by atoms with Gasteiger partial charge in [-0.25, -0.2) is 9.78 Å². The van der Waals surface area contributed by atoms with Crippen LogP contribution in [0.2, 0.25) is 0 Å². The van der Waals surface area contributed by atoms with E-state index < -0.39 is 0 Å². The van der Waals surface area contributed by atoms with Gasteiger partial charge in [0.15, 0.2) is 0 Å². The molecule has 25 heavy (non-hydrogen) atoms. The van der Waals surface area contributed by atoms with E-state index in [4.69, 9.17) is 0 Å². The van der Waals surface area contributed by atoms with Crippen molar-refractivity contribution in [2.75, 3.05) is 7.05 Å². The second-order valence-corrected chi connectivity index (χ2v) is 5.95. The molecule has 6 heteroatoms. The number of urea groups is 1. The molecule has 1 aromatic carbocycles. The van der Waals surface area contributed by atoms with Crippen LogP contribution in [0.25, 0.3) is 5.69 Å². The maximum Gasteiger partial charge on any atom is 0.317 e. The number of carbonyl (C=O) groups is 1. The number of aromatic nitrogens is 3. The quantitative estimate of drug-likeness (QED) is 0.779. The van der Waals surface area contributed by atoms with Gasteiger partial charge in [0.2, 0.25) is 0 Å². The minimum atomic E-state index is -0.114. The number of hydrogen-bond acceptors (Lipinski definition) is 3. The molecule has 0 aliphatic rings. The zero-order valence-corrected chi connectivity index (χ0v) is 14.3. The summed E-state index contributed by atoms with van der Waals surface area (Å²) in [6.07, 6.45) is 8.85. The molecule has 128 valence electrons. The third-order valence-corrected chi connectivity index (χ3v) is 4.03. The predicted octanol–water partition coefficient (Wildman–Crippen LogP) is 3.17. The van der Waals surface area contributed by atoms with Crippen LogP contribution in [-0.4, -0.2) is 32.5 Å². The fraction of sp³-hybridized carbons (Fsp3) is 0.211. The molecule has 2 amide bonds. The van der Waals surface area contributed by atoms with Crippen molar-refractivity contribution in [3.63, 3.8) is 0 Å². The lowest BCUT2D eigenvalue weighted by Gasteiger charge is -2.22. The van der Waals surface area contributed by atoms with Crippen LogP contribution in [0.1, 0.15) is 24.1 Å². The average Bonchev–Trinajstić information content (AvgIpc) is 3.17. The number of nitrogens with one attached hydrogen (secondary N) is 1. The van der Waals surface area contributed by atoms with Crippen molar-refractivity contribution in [1.29, 1.82) is 0 Å². The normalized spacial score (nSPS) is 11.8. The molecule has 0 unspecified atom stereocenters. The Kier molecular flexibility index (Phi) is 5.09. The number of hydrogen-bond donors (Lipinski definition) is 1. The highest BCUT2D eigenvalue weighted by Gasteiger charge is 2.14. The first kappa shape index (κ1) is 16.7. The van der Waals surface area contributed by atoms with Crippen LogP contribution in [0.3, 0.4) is 0 Å². The summed E-state index contributed by atoms with van der Waals surface area (Å²) < 4.78 is 1.94. The Morgan fingerprint density at radius 2 is 2.00 bits per heavy atom. The molecule has 6 nitrogen and oxygen atoms in total. The first-order chi connectivity index (χ1) is 12.1. The molecule has 0 saturated heterocycles. The zero-order valence-electron chi connectivity index (χ0n) is 14.3.